The summed E-state index contributed by atoms with van der Waals surface area (Å²) in [7, 11) is -4.51. The Morgan fingerprint density at radius 3 is 2.33 bits per heavy atom. The number of nitrogens with one attached hydrogen (secondary N) is 1. The molecule has 1 saturated heterocycles. The lowest BCUT2D eigenvalue weighted by Crippen LogP contribution is -2.46. The molecule has 1 N–H and O–H groups in total. The summed E-state index contributed by atoms with van der Waals surface area (Å²) in [4.78, 5) is 17.2. The molecule has 190 valence electrons. The summed E-state index contributed by atoms with van der Waals surface area (Å²) in [5, 5.41) is 0.493. The molecule has 4 rings (SSSR count). The van der Waals surface area contributed by atoms with Gasteiger partial charge in [0.2, 0.25) is 10.0 Å². The SMILES string of the molecule is O=C(c1ccc(Cl)nc1)N1CCC(NS(=O)(=O)c2ccc(-c3ccccc3Cl)cc2C(F)(F)F)CC1. The molecule has 0 unspecified atom stereocenters. The van der Waals surface area contributed by atoms with Crippen LogP contribution in [-0.4, -0.2) is 43.3 Å². The molecule has 1 aromatic heterocycles. The number of hydrogen-bond acceptors (Lipinski definition) is 4. The van der Waals surface area contributed by atoms with E-state index in [1.54, 1.807) is 18.2 Å². The lowest BCUT2D eigenvalue weighted by molar-refractivity contribution is -0.139. The van der Waals surface area contributed by atoms with E-state index in [0.717, 1.165) is 12.1 Å². The quantitative estimate of drug-likeness (QED) is 0.410. The number of rotatable bonds is 5. The average Bonchev–Trinajstić information content (AvgIpc) is 2.84. The summed E-state index contributed by atoms with van der Waals surface area (Å²) >= 11 is 11.9. The van der Waals surface area contributed by atoms with Crippen LogP contribution < -0.4 is 4.72 Å². The smallest absolute Gasteiger partial charge is 0.338 e. The largest absolute Gasteiger partial charge is 0.417 e. The second-order valence-electron chi connectivity index (χ2n) is 8.25. The average molecular weight is 558 g/mol. The maximum atomic E-state index is 13.9. The number of hydrogen-bond donors (Lipinski definition) is 1. The molecule has 1 aliphatic rings. The molecule has 1 aliphatic heterocycles. The topological polar surface area (TPSA) is 79.4 Å². The molecule has 2 heterocycles. The number of sulfonamides is 1. The van der Waals surface area contributed by atoms with Crippen molar-refractivity contribution in [2.75, 3.05) is 13.1 Å². The van der Waals surface area contributed by atoms with Crippen molar-refractivity contribution < 1.29 is 26.4 Å². The molecular formula is C24H20Cl2F3N3O3S. The third kappa shape index (κ3) is 5.83. The number of likely N-dealkylation sites (tertiary alicyclic amines) is 1. The molecule has 0 bridgehead atoms. The van der Waals surface area contributed by atoms with Crippen molar-refractivity contribution in [2.45, 2.75) is 30.0 Å². The summed E-state index contributed by atoms with van der Waals surface area (Å²) in [6, 6.07) is 11.8. The van der Waals surface area contributed by atoms with Gasteiger partial charge in [0.1, 0.15) is 5.15 Å². The van der Waals surface area contributed by atoms with E-state index < -0.39 is 32.7 Å². The minimum Gasteiger partial charge on any atom is -0.338 e. The monoisotopic (exact) mass is 557 g/mol. The lowest BCUT2D eigenvalue weighted by Gasteiger charge is -2.32. The zero-order chi connectivity index (χ0) is 26.1. The minimum atomic E-state index is -4.91. The summed E-state index contributed by atoms with van der Waals surface area (Å²) in [5.41, 5.74) is -0.438. The van der Waals surface area contributed by atoms with Gasteiger partial charge in [0, 0.05) is 35.9 Å². The van der Waals surface area contributed by atoms with Crippen LogP contribution in [0.2, 0.25) is 10.2 Å². The van der Waals surface area contributed by atoms with E-state index in [-0.39, 0.29) is 47.6 Å². The molecule has 1 amide bonds. The summed E-state index contributed by atoms with van der Waals surface area (Å²) in [6.45, 7) is 0.457. The van der Waals surface area contributed by atoms with E-state index >= 15 is 0 Å². The first-order valence-corrected chi connectivity index (χ1v) is 13.1. The van der Waals surface area contributed by atoms with Crippen LogP contribution in [0.5, 0.6) is 0 Å². The predicted molar refractivity (Wildman–Crippen MR) is 130 cm³/mol. The van der Waals surface area contributed by atoms with Crippen LogP contribution in [0.15, 0.2) is 65.7 Å². The Labute approximate surface area is 216 Å². The number of amides is 1. The molecule has 1 fully saturated rings. The zero-order valence-electron chi connectivity index (χ0n) is 18.6. The number of nitrogens with zero attached hydrogens (tertiary/aromatic N) is 2. The Bertz CT molecular complexity index is 1380. The van der Waals surface area contributed by atoms with Gasteiger partial charge < -0.3 is 4.90 Å². The van der Waals surface area contributed by atoms with Crippen LogP contribution in [0.25, 0.3) is 11.1 Å². The Hall–Kier alpha value is -2.66. The van der Waals surface area contributed by atoms with Crippen molar-refractivity contribution in [2.24, 2.45) is 0 Å². The van der Waals surface area contributed by atoms with Crippen molar-refractivity contribution in [3.05, 3.63) is 82.1 Å². The molecule has 0 aliphatic carbocycles. The van der Waals surface area contributed by atoms with Crippen LogP contribution in [0.4, 0.5) is 13.2 Å². The van der Waals surface area contributed by atoms with Gasteiger partial charge in [0.25, 0.3) is 5.91 Å². The van der Waals surface area contributed by atoms with Gasteiger partial charge in [-0.25, -0.2) is 18.1 Å². The van der Waals surface area contributed by atoms with Crippen molar-refractivity contribution >= 4 is 39.1 Å². The van der Waals surface area contributed by atoms with Gasteiger partial charge in [0.15, 0.2) is 0 Å². The molecule has 36 heavy (non-hydrogen) atoms. The van der Waals surface area contributed by atoms with Gasteiger partial charge >= 0.3 is 6.18 Å². The van der Waals surface area contributed by atoms with Crippen LogP contribution >= 0.6 is 23.2 Å². The molecule has 0 saturated carbocycles. The van der Waals surface area contributed by atoms with E-state index in [1.807, 2.05) is 0 Å². The van der Waals surface area contributed by atoms with Crippen LogP contribution in [0.1, 0.15) is 28.8 Å². The normalized spacial score (nSPS) is 15.2. The van der Waals surface area contributed by atoms with E-state index in [2.05, 4.69) is 9.71 Å². The van der Waals surface area contributed by atoms with Crippen LogP contribution in [0, 0.1) is 0 Å². The number of benzene rings is 2. The standard InChI is InChI=1S/C24H20Cl2F3N3O3S/c25-20-4-2-1-3-18(20)15-5-7-21(19(13-15)24(27,28)29)36(34,35)31-17-9-11-32(12-10-17)23(33)16-6-8-22(26)30-14-16/h1-8,13-14,17,31H,9-12H2. The van der Waals surface area contributed by atoms with Gasteiger partial charge in [-0.3, -0.25) is 4.79 Å². The van der Waals surface area contributed by atoms with Crippen LogP contribution in [0.3, 0.4) is 0 Å². The van der Waals surface area contributed by atoms with Crippen LogP contribution in [-0.2, 0) is 16.2 Å². The number of halogens is 5. The Kier molecular flexibility index (Phi) is 7.61. The lowest BCUT2D eigenvalue weighted by atomic mass is 10.0. The minimum absolute atomic E-state index is 0.149. The van der Waals surface area contributed by atoms with E-state index in [0.29, 0.717) is 11.1 Å². The number of alkyl halides is 3. The number of carbonyl (C=O) groups excluding carboxylic acids is 1. The van der Waals surface area contributed by atoms with Gasteiger partial charge in [-0.2, -0.15) is 13.2 Å². The molecule has 0 spiro atoms. The Morgan fingerprint density at radius 1 is 1.03 bits per heavy atom. The van der Waals surface area contributed by atoms with Gasteiger partial charge in [-0.15, -0.1) is 0 Å². The molecule has 6 nitrogen and oxygen atoms in total. The third-order valence-corrected chi connectivity index (χ3v) is 7.97. The first-order valence-electron chi connectivity index (χ1n) is 10.8. The highest BCUT2D eigenvalue weighted by molar-refractivity contribution is 7.89. The molecule has 12 heteroatoms. The summed E-state index contributed by atoms with van der Waals surface area (Å²) in [6.07, 6.45) is -3.08. The molecule has 0 radical (unpaired) electrons. The molecule has 3 aromatic rings. The maximum Gasteiger partial charge on any atom is 0.417 e. The van der Waals surface area contributed by atoms with Crippen molar-refractivity contribution in [1.29, 1.82) is 0 Å². The molecule has 2 aromatic carbocycles. The van der Waals surface area contributed by atoms with Gasteiger partial charge in [0.05, 0.1) is 16.0 Å². The van der Waals surface area contributed by atoms with Crippen molar-refractivity contribution in [3.8, 4) is 11.1 Å². The van der Waals surface area contributed by atoms with Gasteiger partial charge in [-0.05, 0) is 48.7 Å². The number of aromatic nitrogens is 1. The summed E-state index contributed by atoms with van der Waals surface area (Å²) < 4.78 is 70.1. The molecule has 0 atom stereocenters. The molecular weight excluding hydrogens is 538 g/mol. The number of piperidine rings is 1. The van der Waals surface area contributed by atoms with E-state index in [1.165, 1.54) is 35.4 Å². The first kappa shape index (κ1) is 26.4. The summed E-state index contributed by atoms with van der Waals surface area (Å²) in [5.74, 6) is -0.282. The van der Waals surface area contributed by atoms with E-state index in [4.69, 9.17) is 23.2 Å². The maximum absolute atomic E-state index is 13.9. The highest BCUT2D eigenvalue weighted by atomic mass is 35.5. The second kappa shape index (κ2) is 10.4. The Morgan fingerprint density at radius 2 is 1.72 bits per heavy atom. The van der Waals surface area contributed by atoms with Crippen molar-refractivity contribution in [1.82, 2.24) is 14.6 Å². The fraction of sp³-hybridized carbons (Fsp3) is 0.250. The number of pyridine rings is 1. The third-order valence-electron chi connectivity index (χ3n) is 5.84. The van der Waals surface area contributed by atoms with E-state index in [9.17, 15) is 26.4 Å². The zero-order valence-corrected chi connectivity index (χ0v) is 20.9. The van der Waals surface area contributed by atoms with Crippen molar-refractivity contribution in [3.63, 3.8) is 0 Å². The second-order valence-corrected chi connectivity index (χ2v) is 10.7. The Balaban J connectivity index is 1.51. The highest BCUT2D eigenvalue weighted by Crippen LogP contribution is 2.38. The number of carbonyl (C=O) groups is 1. The fourth-order valence-electron chi connectivity index (χ4n) is 4.02. The predicted octanol–water partition coefficient (Wildman–Crippen LogP) is 5.66. The fourth-order valence-corrected chi connectivity index (χ4v) is 5.89. The highest BCUT2D eigenvalue weighted by Gasteiger charge is 2.38. The van der Waals surface area contributed by atoms with Gasteiger partial charge in [-0.1, -0.05) is 47.5 Å². The first-order chi connectivity index (χ1) is 17.0.